The van der Waals surface area contributed by atoms with E-state index in [-0.39, 0.29) is 6.61 Å². The standard InChI is InChI=1S/C29H38O7/c1-5-7-8-9-10-11-20-34-26-18-16-24(17-19-26)23-12-14-25(15-13-23)29(32)36-22(4)28(31)35-21(3)27(30)33-6-2/h12-19,21-22H,5-11,20H2,1-4H3/t21-,22+/m0/s1. The fraction of sp³-hybridized carbons (Fsp3) is 0.483. The van der Waals surface area contributed by atoms with Gasteiger partial charge in [-0.3, -0.25) is 0 Å². The molecule has 2 atom stereocenters. The Kier molecular flexibility index (Phi) is 12.5. The van der Waals surface area contributed by atoms with Gasteiger partial charge >= 0.3 is 17.9 Å². The van der Waals surface area contributed by atoms with Gasteiger partial charge in [-0.2, -0.15) is 0 Å². The molecule has 0 aliphatic heterocycles. The fourth-order valence-electron chi connectivity index (χ4n) is 3.47. The Balaban J connectivity index is 1.82. The summed E-state index contributed by atoms with van der Waals surface area (Å²) in [7, 11) is 0. The van der Waals surface area contributed by atoms with E-state index < -0.39 is 30.1 Å². The quantitative estimate of drug-likeness (QED) is 0.166. The van der Waals surface area contributed by atoms with Gasteiger partial charge in [-0.15, -0.1) is 0 Å². The van der Waals surface area contributed by atoms with Gasteiger partial charge in [0.05, 0.1) is 18.8 Å². The van der Waals surface area contributed by atoms with Crippen LogP contribution in [0.1, 0.15) is 76.6 Å². The Morgan fingerprint density at radius 3 is 1.86 bits per heavy atom. The minimum absolute atomic E-state index is 0.179. The lowest BCUT2D eigenvalue weighted by Gasteiger charge is -2.16. The molecule has 36 heavy (non-hydrogen) atoms. The number of carbonyl (C=O) groups excluding carboxylic acids is 3. The molecule has 0 aliphatic rings. The largest absolute Gasteiger partial charge is 0.494 e. The zero-order valence-corrected chi connectivity index (χ0v) is 21.8. The number of hydrogen-bond acceptors (Lipinski definition) is 7. The van der Waals surface area contributed by atoms with Crippen LogP contribution in [0.2, 0.25) is 0 Å². The molecule has 7 heteroatoms. The molecule has 0 aromatic heterocycles. The molecule has 2 aromatic rings. The molecule has 0 saturated carbocycles. The molecule has 7 nitrogen and oxygen atoms in total. The summed E-state index contributed by atoms with van der Waals surface area (Å²) in [6.07, 6.45) is 5.12. The number of hydrogen-bond donors (Lipinski definition) is 0. The van der Waals surface area contributed by atoms with E-state index in [9.17, 15) is 14.4 Å². The molecule has 0 amide bonds. The summed E-state index contributed by atoms with van der Waals surface area (Å²) in [5.74, 6) is -1.30. The number of esters is 3. The summed E-state index contributed by atoms with van der Waals surface area (Å²) in [6, 6.07) is 14.8. The predicted molar refractivity (Wildman–Crippen MR) is 138 cm³/mol. The highest BCUT2D eigenvalue weighted by Gasteiger charge is 2.25. The second-order valence-electron chi connectivity index (χ2n) is 8.60. The second-order valence-corrected chi connectivity index (χ2v) is 8.60. The van der Waals surface area contributed by atoms with Gasteiger partial charge in [-0.25, -0.2) is 14.4 Å². The van der Waals surface area contributed by atoms with Gasteiger partial charge in [-0.1, -0.05) is 63.3 Å². The lowest BCUT2D eigenvalue weighted by Crippen LogP contribution is -2.33. The van der Waals surface area contributed by atoms with Crippen LogP contribution in [0, 0.1) is 0 Å². The van der Waals surface area contributed by atoms with Gasteiger partial charge in [0.25, 0.3) is 0 Å². The van der Waals surface area contributed by atoms with E-state index in [0.717, 1.165) is 29.9 Å². The number of benzene rings is 2. The van der Waals surface area contributed by atoms with Crippen molar-refractivity contribution in [2.24, 2.45) is 0 Å². The van der Waals surface area contributed by atoms with Crippen molar-refractivity contribution in [1.82, 2.24) is 0 Å². The molecule has 0 aliphatic carbocycles. The van der Waals surface area contributed by atoms with Gasteiger partial charge in [0, 0.05) is 0 Å². The summed E-state index contributed by atoms with van der Waals surface area (Å²) in [5.41, 5.74) is 2.23. The third-order valence-corrected chi connectivity index (χ3v) is 5.60. The zero-order chi connectivity index (χ0) is 26.3. The van der Waals surface area contributed by atoms with Crippen LogP contribution in [0.3, 0.4) is 0 Å². The fourth-order valence-corrected chi connectivity index (χ4v) is 3.47. The molecule has 196 valence electrons. The summed E-state index contributed by atoms with van der Waals surface area (Å²) < 4.78 is 20.8. The average Bonchev–Trinajstić information content (AvgIpc) is 2.88. The maximum Gasteiger partial charge on any atom is 0.348 e. The first-order valence-electron chi connectivity index (χ1n) is 12.8. The Bertz CT molecular complexity index is 951. The monoisotopic (exact) mass is 498 g/mol. The normalized spacial score (nSPS) is 12.3. The number of unbranched alkanes of at least 4 members (excludes halogenated alkanes) is 5. The van der Waals surface area contributed by atoms with Crippen molar-refractivity contribution >= 4 is 17.9 Å². The summed E-state index contributed by atoms with van der Waals surface area (Å²) in [4.78, 5) is 36.1. The van der Waals surface area contributed by atoms with Crippen LogP contribution in [0.5, 0.6) is 5.75 Å². The van der Waals surface area contributed by atoms with Crippen LogP contribution in [-0.2, 0) is 23.8 Å². The summed E-state index contributed by atoms with van der Waals surface area (Å²) in [5, 5.41) is 0. The van der Waals surface area contributed by atoms with E-state index in [1.54, 1.807) is 19.1 Å². The number of rotatable bonds is 15. The van der Waals surface area contributed by atoms with Crippen molar-refractivity contribution in [1.29, 1.82) is 0 Å². The Morgan fingerprint density at radius 1 is 0.694 bits per heavy atom. The molecule has 2 aromatic carbocycles. The first-order valence-corrected chi connectivity index (χ1v) is 12.8. The van der Waals surface area contributed by atoms with Crippen LogP contribution in [0.25, 0.3) is 11.1 Å². The van der Waals surface area contributed by atoms with E-state index in [1.165, 1.54) is 46.0 Å². The van der Waals surface area contributed by atoms with Gasteiger partial charge in [0.15, 0.2) is 12.2 Å². The lowest BCUT2D eigenvalue weighted by molar-refractivity contribution is -0.171. The van der Waals surface area contributed by atoms with Gasteiger partial charge in [0.2, 0.25) is 0 Å². The SMILES string of the molecule is CCCCCCCCOc1ccc(-c2ccc(C(=O)O[C@H](C)C(=O)O[C@@H](C)C(=O)OCC)cc2)cc1. The second kappa shape index (κ2) is 15.6. The molecule has 0 unspecified atom stereocenters. The summed E-state index contributed by atoms with van der Waals surface area (Å²) in [6.45, 7) is 7.56. The molecular weight excluding hydrogens is 460 g/mol. The van der Waals surface area contributed by atoms with E-state index in [1.807, 2.05) is 36.4 Å². The predicted octanol–water partition coefficient (Wildman–Crippen LogP) is 6.13. The van der Waals surface area contributed by atoms with E-state index in [2.05, 4.69) is 6.92 Å². The van der Waals surface area contributed by atoms with Crippen molar-refractivity contribution in [3.05, 3.63) is 54.1 Å². The van der Waals surface area contributed by atoms with Crippen LogP contribution >= 0.6 is 0 Å². The van der Waals surface area contributed by atoms with E-state index >= 15 is 0 Å². The third kappa shape index (κ3) is 9.72. The Labute approximate surface area is 214 Å². The van der Waals surface area contributed by atoms with Crippen molar-refractivity contribution in [3.8, 4) is 16.9 Å². The van der Waals surface area contributed by atoms with E-state index in [0.29, 0.717) is 5.56 Å². The number of ether oxygens (including phenoxy) is 4. The minimum Gasteiger partial charge on any atom is -0.494 e. The average molecular weight is 499 g/mol. The maximum atomic E-state index is 12.4. The van der Waals surface area contributed by atoms with Crippen LogP contribution in [0.4, 0.5) is 0 Å². The summed E-state index contributed by atoms with van der Waals surface area (Å²) >= 11 is 0. The zero-order valence-electron chi connectivity index (χ0n) is 21.8. The first-order chi connectivity index (χ1) is 17.3. The molecular formula is C29H38O7. The third-order valence-electron chi connectivity index (χ3n) is 5.60. The maximum absolute atomic E-state index is 12.4. The molecule has 2 rings (SSSR count). The van der Waals surface area contributed by atoms with Crippen molar-refractivity contribution in [2.75, 3.05) is 13.2 Å². The van der Waals surface area contributed by atoms with Crippen molar-refractivity contribution < 1.29 is 33.3 Å². The highest BCUT2D eigenvalue weighted by atomic mass is 16.6. The molecule has 0 fully saturated rings. The smallest absolute Gasteiger partial charge is 0.348 e. The van der Waals surface area contributed by atoms with Crippen molar-refractivity contribution in [3.63, 3.8) is 0 Å². The van der Waals surface area contributed by atoms with Gasteiger partial charge in [-0.05, 0) is 62.6 Å². The Morgan fingerprint density at radius 2 is 1.25 bits per heavy atom. The molecule has 0 spiro atoms. The molecule has 0 saturated heterocycles. The topological polar surface area (TPSA) is 88.1 Å². The lowest BCUT2D eigenvalue weighted by atomic mass is 10.0. The van der Waals surface area contributed by atoms with Gasteiger partial charge < -0.3 is 18.9 Å². The first kappa shape index (κ1) is 28.9. The van der Waals surface area contributed by atoms with Crippen LogP contribution in [-0.4, -0.2) is 43.3 Å². The van der Waals surface area contributed by atoms with Crippen LogP contribution < -0.4 is 4.74 Å². The molecule has 0 radical (unpaired) electrons. The van der Waals surface area contributed by atoms with E-state index in [4.69, 9.17) is 18.9 Å². The molecule has 0 N–H and O–H groups in total. The number of carbonyl (C=O) groups is 3. The highest BCUT2D eigenvalue weighted by Crippen LogP contribution is 2.23. The highest BCUT2D eigenvalue weighted by molar-refractivity contribution is 5.92. The molecule has 0 heterocycles. The van der Waals surface area contributed by atoms with Crippen LogP contribution in [0.15, 0.2) is 48.5 Å². The van der Waals surface area contributed by atoms with Gasteiger partial charge in [0.1, 0.15) is 5.75 Å². The van der Waals surface area contributed by atoms with Crippen molar-refractivity contribution in [2.45, 2.75) is 78.4 Å². The molecule has 0 bridgehead atoms. The minimum atomic E-state index is -1.17. The Hall–Kier alpha value is -3.35.